The minimum absolute atomic E-state index is 0.235. The number of esters is 1. The highest BCUT2D eigenvalue weighted by Gasteiger charge is 2.27. The number of rotatable bonds is 7. The number of benzene rings is 1. The summed E-state index contributed by atoms with van der Waals surface area (Å²) in [5.41, 5.74) is 0.311. The zero-order valence-corrected chi connectivity index (χ0v) is 13.0. The molecule has 0 saturated heterocycles. The molecule has 1 N–H and O–H groups in total. The molecule has 2 rings (SSSR count). The van der Waals surface area contributed by atoms with Crippen LogP contribution in [-0.4, -0.2) is 37.7 Å². The van der Waals surface area contributed by atoms with Gasteiger partial charge in [0.2, 0.25) is 0 Å². The van der Waals surface area contributed by atoms with Crippen molar-refractivity contribution in [3.63, 3.8) is 0 Å². The number of ether oxygens (including phenoxy) is 3. The van der Waals surface area contributed by atoms with Gasteiger partial charge in [-0.3, -0.25) is 4.79 Å². The summed E-state index contributed by atoms with van der Waals surface area (Å²) in [4.78, 5) is 23.9. The maximum absolute atomic E-state index is 12.1. The van der Waals surface area contributed by atoms with E-state index < -0.39 is 12.1 Å². The van der Waals surface area contributed by atoms with E-state index in [4.69, 9.17) is 14.2 Å². The van der Waals surface area contributed by atoms with Crippen LogP contribution in [0, 0.1) is 0 Å². The molecule has 1 atom stereocenters. The van der Waals surface area contributed by atoms with Crippen LogP contribution in [0.25, 0.3) is 0 Å². The van der Waals surface area contributed by atoms with Gasteiger partial charge in [0, 0.05) is 6.04 Å². The summed E-state index contributed by atoms with van der Waals surface area (Å²) >= 11 is 0. The molecular formula is C16H21NO5. The predicted octanol–water partition coefficient (Wildman–Crippen LogP) is 1.92. The summed E-state index contributed by atoms with van der Waals surface area (Å²) in [6.45, 7) is 3.92. The summed E-state index contributed by atoms with van der Waals surface area (Å²) < 4.78 is 15.8. The molecule has 1 aromatic carbocycles. The van der Waals surface area contributed by atoms with Crippen molar-refractivity contribution >= 4 is 11.9 Å². The lowest BCUT2D eigenvalue weighted by molar-refractivity contribution is -0.129. The quantitative estimate of drug-likeness (QED) is 0.779. The van der Waals surface area contributed by atoms with Gasteiger partial charge in [-0.2, -0.15) is 0 Å². The number of amides is 1. The molecule has 0 unspecified atom stereocenters. The lowest BCUT2D eigenvalue weighted by Crippen LogP contribution is -2.37. The minimum atomic E-state index is -0.828. The molecule has 6 nitrogen and oxygen atoms in total. The van der Waals surface area contributed by atoms with Gasteiger partial charge in [0.15, 0.2) is 17.6 Å². The highest BCUT2D eigenvalue weighted by atomic mass is 16.5. The first kappa shape index (κ1) is 16.1. The maximum Gasteiger partial charge on any atom is 0.339 e. The van der Waals surface area contributed by atoms with E-state index in [0.29, 0.717) is 23.7 Å². The second-order valence-corrected chi connectivity index (χ2v) is 5.13. The summed E-state index contributed by atoms with van der Waals surface area (Å²) in [7, 11) is 1.50. The van der Waals surface area contributed by atoms with Gasteiger partial charge in [-0.15, -0.1) is 0 Å². The number of carbonyl (C=O) groups is 2. The van der Waals surface area contributed by atoms with Crippen molar-refractivity contribution in [3.05, 3.63) is 23.8 Å². The maximum atomic E-state index is 12.1. The van der Waals surface area contributed by atoms with Crippen molar-refractivity contribution < 1.29 is 23.8 Å². The van der Waals surface area contributed by atoms with E-state index >= 15 is 0 Å². The van der Waals surface area contributed by atoms with Crippen LogP contribution in [0.2, 0.25) is 0 Å². The van der Waals surface area contributed by atoms with E-state index in [9.17, 15) is 9.59 Å². The Morgan fingerprint density at radius 2 is 2.05 bits per heavy atom. The largest absolute Gasteiger partial charge is 0.493 e. The third-order valence-corrected chi connectivity index (χ3v) is 3.28. The molecule has 0 radical (unpaired) electrons. The van der Waals surface area contributed by atoms with Crippen LogP contribution in [0.3, 0.4) is 0 Å². The van der Waals surface area contributed by atoms with Crippen LogP contribution in [0.15, 0.2) is 18.2 Å². The van der Waals surface area contributed by atoms with Crippen molar-refractivity contribution in [2.45, 2.75) is 38.8 Å². The van der Waals surface area contributed by atoms with Gasteiger partial charge >= 0.3 is 5.97 Å². The molecule has 1 fully saturated rings. The number of hydrogen-bond donors (Lipinski definition) is 1. The minimum Gasteiger partial charge on any atom is -0.493 e. The third kappa shape index (κ3) is 4.13. The topological polar surface area (TPSA) is 73.9 Å². The standard InChI is InChI=1S/C16H21NO5/c1-4-21-13-8-5-11(9-14(13)20-3)16(19)22-10(2)15(18)17-12-6-7-12/h5,8-10,12H,4,6-7H2,1-3H3,(H,17,18)/t10-/m0/s1. The average molecular weight is 307 g/mol. The Balaban J connectivity index is 2.00. The van der Waals surface area contributed by atoms with E-state index in [1.54, 1.807) is 25.1 Å². The van der Waals surface area contributed by atoms with Crippen LogP contribution in [0.5, 0.6) is 11.5 Å². The van der Waals surface area contributed by atoms with Crippen molar-refractivity contribution in [2.75, 3.05) is 13.7 Å². The van der Waals surface area contributed by atoms with E-state index in [1.165, 1.54) is 7.11 Å². The molecule has 0 bridgehead atoms. The molecule has 22 heavy (non-hydrogen) atoms. The number of methoxy groups -OCH3 is 1. The van der Waals surface area contributed by atoms with Gasteiger partial charge in [0.1, 0.15) is 0 Å². The molecule has 0 aliphatic heterocycles. The highest BCUT2D eigenvalue weighted by Crippen LogP contribution is 2.28. The Kier molecular flexibility index (Phi) is 5.25. The molecule has 0 heterocycles. The zero-order valence-electron chi connectivity index (χ0n) is 13.0. The van der Waals surface area contributed by atoms with Gasteiger partial charge in [-0.25, -0.2) is 4.79 Å². The Labute approximate surface area is 129 Å². The van der Waals surface area contributed by atoms with E-state index in [-0.39, 0.29) is 11.9 Å². The fourth-order valence-corrected chi connectivity index (χ4v) is 1.90. The predicted molar refractivity (Wildman–Crippen MR) is 80.2 cm³/mol. The van der Waals surface area contributed by atoms with Crippen LogP contribution in [0.4, 0.5) is 0 Å². The SMILES string of the molecule is CCOc1ccc(C(=O)O[C@@H](C)C(=O)NC2CC2)cc1OC. The fraction of sp³-hybridized carbons (Fsp3) is 0.500. The van der Waals surface area contributed by atoms with E-state index in [2.05, 4.69) is 5.32 Å². The molecule has 1 saturated carbocycles. The molecule has 1 aromatic rings. The van der Waals surface area contributed by atoms with Gasteiger partial charge in [-0.05, 0) is 44.9 Å². The smallest absolute Gasteiger partial charge is 0.339 e. The molecule has 0 spiro atoms. The van der Waals surface area contributed by atoms with Crippen molar-refractivity contribution in [1.82, 2.24) is 5.32 Å². The first-order valence-corrected chi connectivity index (χ1v) is 7.37. The van der Waals surface area contributed by atoms with Gasteiger partial charge in [-0.1, -0.05) is 0 Å². The average Bonchev–Trinajstić information content (AvgIpc) is 3.31. The molecule has 1 amide bonds. The second-order valence-electron chi connectivity index (χ2n) is 5.13. The Morgan fingerprint density at radius 1 is 1.32 bits per heavy atom. The van der Waals surface area contributed by atoms with Gasteiger partial charge < -0.3 is 19.5 Å². The molecule has 0 aromatic heterocycles. The molecule has 6 heteroatoms. The Bertz CT molecular complexity index is 553. The van der Waals surface area contributed by atoms with E-state index in [1.807, 2.05) is 6.92 Å². The van der Waals surface area contributed by atoms with Gasteiger partial charge in [0.05, 0.1) is 19.3 Å². The Hall–Kier alpha value is -2.24. The fourth-order valence-electron chi connectivity index (χ4n) is 1.90. The van der Waals surface area contributed by atoms with Crippen LogP contribution in [0.1, 0.15) is 37.0 Å². The first-order chi connectivity index (χ1) is 10.5. The molecule has 120 valence electrons. The monoisotopic (exact) mass is 307 g/mol. The zero-order chi connectivity index (χ0) is 16.1. The van der Waals surface area contributed by atoms with Crippen molar-refractivity contribution in [1.29, 1.82) is 0 Å². The lowest BCUT2D eigenvalue weighted by atomic mass is 10.2. The summed E-state index contributed by atoms with van der Waals surface area (Å²) in [5, 5.41) is 2.80. The lowest BCUT2D eigenvalue weighted by Gasteiger charge is -2.14. The van der Waals surface area contributed by atoms with Crippen LogP contribution < -0.4 is 14.8 Å². The highest BCUT2D eigenvalue weighted by molar-refractivity contribution is 5.93. The number of carbonyl (C=O) groups excluding carboxylic acids is 2. The van der Waals surface area contributed by atoms with Crippen molar-refractivity contribution in [3.8, 4) is 11.5 Å². The van der Waals surface area contributed by atoms with Crippen LogP contribution in [-0.2, 0) is 9.53 Å². The molecule has 1 aliphatic carbocycles. The summed E-state index contributed by atoms with van der Waals surface area (Å²) in [6.07, 6.45) is 1.15. The third-order valence-electron chi connectivity index (χ3n) is 3.28. The van der Waals surface area contributed by atoms with Gasteiger partial charge in [0.25, 0.3) is 5.91 Å². The second kappa shape index (κ2) is 7.15. The first-order valence-electron chi connectivity index (χ1n) is 7.37. The number of hydrogen-bond acceptors (Lipinski definition) is 5. The molecular weight excluding hydrogens is 286 g/mol. The van der Waals surface area contributed by atoms with E-state index in [0.717, 1.165) is 12.8 Å². The molecule has 1 aliphatic rings. The normalized spacial score (nSPS) is 14.9. The summed E-state index contributed by atoms with van der Waals surface area (Å²) in [5.74, 6) is 0.168. The summed E-state index contributed by atoms with van der Waals surface area (Å²) in [6, 6.07) is 5.01. The number of nitrogens with one attached hydrogen (secondary N) is 1. The van der Waals surface area contributed by atoms with Crippen LogP contribution >= 0.6 is 0 Å². The van der Waals surface area contributed by atoms with Crippen molar-refractivity contribution in [2.24, 2.45) is 0 Å². The Morgan fingerprint density at radius 3 is 2.64 bits per heavy atom.